The van der Waals surface area contributed by atoms with Crippen molar-refractivity contribution in [1.82, 2.24) is 15.2 Å². The van der Waals surface area contributed by atoms with E-state index in [9.17, 15) is 18.4 Å². The summed E-state index contributed by atoms with van der Waals surface area (Å²) < 4.78 is 27.9. The number of nitrogens with one attached hydrogen (secondary N) is 1. The van der Waals surface area contributed by atoms with E-state index < -0.39 is 28.3 Å². The molecule has 0 spiro atoms. The zero-order chi connectivity index (χ0) is 16.7. The minimum absolute atomic E-state index is 0.0908. The number of amides is 1. The molecule has 0 bridgehead atoms. The quantitative estimate of drug-likeness (QED) is 0.825. The maximum absolute atomic E-state index is 13.9. The minimum Gasteiger partial charge on any atom is -0.325 e. The molecule has 1 atom stereocenters. The van der Waals surface area contributed by atoms with Crippen molar-refractivity contribution in [2.45, 2.75) is 38.0 Å². The van der Waals surface area contributed by atoms with Crippen molar-refractivity contribution in [1.29, 1.82) is 0 Å². The molecule has 2 rings (SSSR count). The zero-order valence-electron chi connectivity index (χ0n) is 11.8. The number of nitrogens with two attached hydrogens (primary N) is 1. The number of hydrogen-bond acceptors (Lipinski definition) is 4. The summed E-state index contributed by atoms with van der Waals surface area (Å²) in [6, 6.07) is 0. The monoisotopic (exact) mass is 332 g/mol. The van der Waals surface area contributed by atoms with Gasteiger partial charge in [-0.15, -0.1) is 9.89 Å². The van der Waals surface area contributed by atoms with E-state index in [4.69, 9.17) is 17.4 Å². The number of allylic oxidation sites excluding steroid dienone is 1. The summed E-state index contributed by atoms with van der Waals surface area (Å²) >= 11 is 6.02. The van der Waals surface area contributed by atoms with Gasteiger partial charge < -0.3 is 11.2 Å². The third-order valence-electron chi connectivity index (χ3n) is 3.49. The van der Waals surface area contributed by atoms with Gasteiger partial charge in [-0.1, -0.05) is 18.2 Å². The van der Waals surface area contributed by atoms with Gasteiger partial charge in [0.2, 0.25) is 0 Å². The Balaban J connectivity index is 2.60. The lowest BCUT2D eigenvalue weighted by Crippen LogP contribution is -2.39. The highest BCUT2D eigenvalue weighted by atomic mass is 35.5. The first-order valence-corrected chi connectivity index (χ1v) is 6.95. The van der Waals surface area contributed by atoms with Crippen LogP contribution >= 0.6 is 11.6 Å². The lowest BCUT2D eigenvalue weighted by molar-refractivity contribution is -0.00947. The van der Waals surface area contributed by atoms with Crippen molar-refractivity contribution in [2.24, 2.45) is 0 Å². The van der Waals surface area contributed by atoms with Gasteiger partial charge in [-0.3, -0.25) is 9.59 Å². The molecular formula is C13H15ClF2N4O2. The molecule has 1 aliphatic rings. The Morgan fingerprint density at radius 3 is 2.73 bits per heavy atom. The van der Waals surface area contributed by atoms with Crippen LogP contribution in [0.1, 0.15) is 48.2 Å². The van der Waals surface area contributed by atoms with Crippen molar-refractivity contribution >= 4 is 17.5 Å². The second kappa shape index (κ2) is 5.68. The van der Waals surface area contributed by atoms with Crippen LogP contribution in [-0.4, -0.2) is 21.7 Å². The predicted molar refractivity (Wildman–Crippen MR) is 77.5 cm³/mol. The SMILES string of the molecule is C=C(C)NC(=O)c1nn(N)c(=O)c(C2CCCC2(F)F)c1Cl. The smallest absolute Gasteiger partial charge is 0.290 e. The van der Waals surface area contributed by atoms with Gasteiger partial charge in [0.15, 0.2) is 5.69 Å². The average Bonchev–Trinajstić information content (AvgIpc) is 2.73. The molecule has 1 saturated carbocycles. The Hall–Kier alpha value is -1.96. The highest BCUT2D eigenvalue weighted by molar-refractivity contribution is 6.34. The van der Waals surface area contributed by atoms with Crippen molar-refractivity contribution < 1.29 is 13.6 Å². The minimum atomic E-state index is -3.07. The van der Waals surface area contributed by atoms with Crippen molar-refractivity contribution in [3.63, 3.8) is 0 Å². The molecule has 1 aromatic rings. The summed E-state index contributed by atoms with van der Waals surface area (Å²) in [6.45, 7) is 5.01. The number of nitrogens with zero attached hydrogens (tertiary/aromatic N) is 2. The van der Waals surface area contributed by atoms with Gasteiger partial charge in [0, 0.05) is 12.1 Å². The van der Waals surface area contributed by atoms with E-state index in [2.05, 4.69) is 17.0 Å². The van der Waals surface area contributed by atoms with Gasteiger partial charge in [0.05, 0.1) is 16.5 Å². The number of aromatic nitrogens is 2. The van der Waals surface area contributed by atoms with Gasteiger partial charge in [-0.25, -0.2) is 8.78 Å². The number of carbonyl (C=O) groups is 1. The van der Waals surface area contributed by atoms with Crippen LogP contribution in [0.25, 0.3) is 0 Å². The molecule has 1 aromatic heterocycles. The highest BCUT2D eigenvalue weighted by Gasteiger charge is 2.47. The topological polar surface area (TPSA) is 90.0 Å². The largest absolute Gasteiger partial charge is 0.325 e. The molecule has 0 radical (unpaired) electrons. The summed E-state index contributed by atoms with van der Waals surface area (Å²) in [4.78, 5) is 24.4. The molecule has 3 N–H and O–H groups in total. The van der Waals surface area contributed by atoms with Crippen molar-refractivity contribution in [3.05, 3.63) is 38.9 Å². The van der Waals surface area contributed by atoms with Crippen LogP contribution in [-0.2, 0) is 0 Å². The van der Waals surface area contributed by atoms with Crippen LogP contribution in [0.3, 0.4) is 0 Å². The van der Waals surface area contributed by atoms with E-state index >= 15 is 0 Å². The first-order valence-electron chi connectivity index (χ1n) is 6.57. The van der Waals surface area contributed by atoms with E-state index in [0.717, 1.165) is 0 Å². The summed E-state index contributed by atoms with van der Waals surface area (Å²) in [5.74, 6) is 0.194. The number of rotatable bonds is 3. The molecule has 1 unspecified atom stereocenters. The van der Waals surface area contributed by atoms with E-state index in [-0.39, 0.29) is 30.5 Å². The number of carbonyl (C=O) groups excluding carboxylic acids is 1. The van der Waals surface area contributed by atoms with Gasteiger partial charge in [0.25, 0.3) is 17.4 Å². The fourth-order valence-corrected chi connectivity index (χ4v) is 2.86. The molecule has 1 fully saturated rings. The van der Waals surface area contributed by atoms with Crippen LogP contribution < -0.4 is 16.7 Å². The Bertz CT molecular complexity index is 702. The van der Waals surface area contributed by atoms with E-state index in [1.165, 1.54) is 6.92 Å². The molecule has 0 saturated heterocycles. The van der Waals surface area contributed by atoms with Crippen LogP contribution in [0, 0.1) is 0 Å². The Labute approximate surface area is 129 Å². The molecule has 1 amide bonds. The molecule has 0 aliphatic heterocycles. The van der Waals surface area contributed by atoms with Crippen LogP contribution in [0.5, 0.6) is 0 Å². The van der Waals surface area contributed by atoms with E-state index in [0.29, 0.717) is 10.5 Å². The standard InChI is InChI=1S/C13H15ClF2N4O2/c1-6(2)18-11(21)10-9(14)8(12(22)20(17)19-10)7-4-3-5-13(7,15)16/h7H,1,3-5,17H2,2H3,(H,18,21). The molecule has 6 nitrogen and oxygen atoms in total. The Morgan fingerprint density at radius 2 is 2.23 bits per heavy atom. The maximum Gasteiger partial charge on any atom is 0.290 e. The molecule has 22 heavy (non-hydrogen) atoms. The van der Waals surface area contributed by atoms with Gasteiger partial charge in [-0.2, -0.15) is 0 Å². The molecular weight excluding hydrogens is 318 g/mol. The number of alkyl halides is 2. The first kappa shape index (κ1) is 16.4. The second-order valence-electron chi connectivity index (χ2n) is 5.27. The maximum atomic E-state index is 13.9. The third kappa shape index (κ3) is 2.83. The predicted octanol–water partition coefficient (Wildman–Crippen LogP) is 1.78. The molecule has 9 heteroatoms. The van der Waals surface area contributed by atoms with E-state index in [1.807, 2.05) is 0 Å². The van der Waals surface area contributed by atoms with Crippen LogP contribution in [0.4, 0.5) is 8.78 Å². The fraction of sp³-hybridized carbons (Fsp3) is 0.462. The van der Waals surface area contributed by atoms with Gasteiger partial charge in [0.1, 0.15) is 0 Å². The normalized spacial score (nSPS) is 19.9. The number of nitrogen functional groups attached to an aromatic ring is 1. The molecule has 0 aromatic carbocycles. The lowest BCUT2D eigenvalue weighted by Gasteiger charge is -2.20. The zero-order valence-corrected chi connectivity index (χ0v) is 12.6. The lowest BCUT2D eigenvalue weighted by atomic mass is 9.95. The molecule has 1 aliphatic carbocycles. The molecule has 120 valence electrons. The summed E-state index contributed by atoms with van der Waals surface area (Å²) in [5.41, 5.74) is -1.37. The third-order valence-corrected chi connectivity index (χ3v) is 3.88. The van der Waals surface area contributed by atoms with Gasteiger partial charge in [-0.05, 0) is 19.8 Å². The average molecular weight is 333 g/mol. The van der Waals surface area contributed by atoms with Crippen LogP contribution in [0.15, 0.2) is 17.1 Å². The Kier molecular flexibility index (Phi) is 4.23. The summed E-state index contributed by atoms with van der Waals surface area (Å²) in [5, 5.41) is 5.51. The van der Waals surface area contributed by atoms with Crippen LogP contribution in [0.2, 0.25) is 5.02 Å². The number of hydrogen-bond donors (Lipinski definition) is 2. The van der Waals surface area contributed by atoms with Crippen molar-refractivity contribution in [3.8, 4) is 0 Å². The second-order valence-corrected chi connectivity index (χ2v) is 5.64. The molecule has 1 heterocycles. The first-order chi connectivity index (χ1) is 10.1. The fourth-order valence-electron chi connectivity index (χ4n) is 2.52. The summed E-state index contributed by atoms with van der Waals surface area (Å²) in [6.07, 6.45) is 0.00870. The summed E-state index contributed by atoms with van der Waals surface area (Å²) in [7, 11) is 0. The van der Waals surface area contributed by atoms with Gasteiger partial charge >= 0.3 is 0 Å². The van der Waals surface area contributed by atoms with Crippen molar-refractivity contribution in [2.75, 3.05) is 5.84 Å². The Morgan fingerprint density at radius 1 is 1.59 bits per heavy atom. The number of halogens is 3. The highest BCUT2D eigenvalue weighted by Crippen LogP contribution is 2.47. The van der Waals surface area contributed by atoms with E-state index in [1.54, 1.807) is 0 Å².